The van der Waals surface area contributed by atoms with Gasteiger partial charge in [-0.2, -0.15) is 0 Å². The van der Waals surface area contributed by atoms with Gasteiger partial charge in [0.25, 0.3) is 0 Å². The van der Waals surface area contributed by atoms with E-state index in [0.717, 1.165) is 12.0 Å². The van der Waals surface area contributed by atoms with Crippen LogP contribution in [0.3, 0.4) is 0 Å². The first-order valence-electron chi connectivity index (χ1n) is 6.16. The molecular formula is C14H22ClNO2. The molecule has 2 atom stereocenters. The van der Waals surface area contributed by atoms with Crippen molar-refractivity contribution in [1.82, 2.24) is 0 Å². The molecule has 1 rings (SSSR count). The second-order valence-electron chi connectivity index (χ2n) is 4.57. The number of hydrogen-bond donors (Lipinski definition) is 1. The van der Waals surface area contributed by atoms with E-state index in [4.69, 9.17) is 26.8 Å². The highest BCUT2D eigenvalue weighted by Gasteiger charge is 2.19. The molecule has 0 aliphatic rings. The molecule has 0 bridgehead atoms. The predicted molar refractivity (Wildman–Crippen MR) is 75.8 cm³/mol. The summed E-state index contributed by atoms with van der Waals surface area (Å²) in [6.07, 6.45) is 0.978. The maximum atomic E-state index is 6.31. The van der Waals surface area contributed by atoms with Crippen molar-refractivity contribution in [1.29, 1.82) is 0 Å². The quantitative estimate of drug-likeness (QED) is 0.862. The van der Waals surface area contributed by atoms with Crippen molar-refractivity contribution < 1.29 is 9.47 Å². The molecule has 0 heterocycles. The molecule has 0 fully saturated rings. The van der Waals surface area contributed by atoms with Crippen LogP contribution in [0.4, 0.5) is 0 Å². The zero-order valence-electron chi connectivity index (χ0n) is 11.5. The molecule has 0 saturated heterocycles. The lowest BCUT2D eigenvalue weighted by atomic mass is 9.86. The van der Waals surface area contributed by atoms with E-state index in [2.05, 4.69) is 13.8 Å². The number of methoxy groups -OCH3 is 2. The minimum absolute atomic E-state index is 0.334. The van der Waals surface area contributed by atoms with E-state index in [1.807, 2.05) is 6.07 Å². The minimum Gasteiger partial charge on any atom is -0.493 e. The SMILES string of the molecule is COc1cc(Cl)c(C(C)C(C)CCN)cc1OC. The van der Waals surface area contributed by atoms with Crippen molar-refractivity contribution in [2.24, 2.45) is 11.7 Å². The molecule has 2 unspecified atom stereocenters. The third-order valence-electron chi connectivity index (χ3n) is 3.47. The van der Waals surface area contributed by atoms with Gasteiger partial charge in [0, 0.05) is 11.1 Å². The normalized spacial score (nSPS) is 14.1. The first-order valence-corrected chi connectivity index (χ1v) is 6.54. The van der Waals surface area contributed by atoms with Crippen molar-refractivity contribution in [3.05, 3.63) is 22.7 Å². The smallest absolute Gasteiger partial charge is 0.162 e. The highest BCUT2D eigenvalue weighted by atomic mass is 35.5. The zero-order valence-corrected chi connectivity index (χ0v) is 12.3. The third-order valence-corrected chi connectivity index (χ3v) is 3.80. The lowest BCUT2D eigenvalue weighted by molar-refractivity contribution is 0.353. The second kappa shape index (κ2) is 6.86. The van der Waals surface area contributed by atoms with E-state index >= 15 is 0 Å². The number of benzene rings is 1. The van der Waals surface area contributed by atoms with Gasteiger partial charge in [-0.3, -0.25) is 0 Å². The van der Waals surface area contributed by atoms with Gasteiger partial charge in [-0.05, 0) is 36.4 Å². The highest BCUT2D eigenvalue weighted by molar-refractivity contribution is 6.31. The van der Waals surface area contributed by atoms with Crippen molar-refractivity contribution in [3.8, 4) is 11.5 Å². The van der Waals surface area contributed by atoms with Crippen LogP contribution in [0, 0.1) is 5.92 Å². The lowest BCUT2D eigenvalue weighted by Crippen LogP contribution is -2.12. The van der Waals surface area contributed by atoms with Gasteiger partial charge in [-0.1, -0.05) is 25.4 Å². The Morgan fingerprint density at radius 3 is 2.22 bits per heavy atom. The first-order chi connectivity index (χ1) is 8.54. The standard InChI is InChI=1S/C14H22ClNO2/c1-9(5-6-16)10(2)11-7-13(17-3)14(18-4)8-12(11)15/h7-10H,5-6,16H2,1-4H3. The van der Waals surface area contributed by atoms with E-state index in [0.29, 0.717) is 34.9 Å². The van der Waals surface area contributed by atoms with E-state index in [9.17, 15) is 0 Å². The molecule has 0 radical (unpaired) electrons. The Labute approximate surface area is 114 Å². The summed E-state index contributed by atoms with van der Waals surface area (Å²) in [5.41, 5.74) is 6.69. The molecule has 0 saturated carbocycles. The van der Waals surface area contributed by atoms with Crippen LogP contribution < -0.4 is 15.2 Å². The van der Waals surface area contributed by atoms with Gasteiger partial charge in [0.2, 0.25) is 0 Å². The van der Waals surface area contributed by atoms with E-state index in [1.54, 1.807) is 20.3 Å². The lowest BCUT2D eigenvalue weighted by Gasteiger charge is -2.22. The Morgan fingerprint density at radius 2 is 1.72 bits per heavy atom. The summed E-state index contributed by atoms with van der Waals surface area (Å²) in [5, 5.41) is 0.712. The van der Waals surface area contributed by atoms with Gasteiger partial charge in [-0.15, -0.1) is 0 Å². The molecule has 1 aromatic carbocycles. The molecule has 0 amide bonds. The van der Waals surface area contributed by atoms with E-state index in [1.165, 1.54) is 0 Å². The Morgan fingerprint density at radius 1 is 1.17 bits per heavy atom. The fraction of sp³-hybridized carbons (Fsp3) is 0.571. The van der Waals surface area contributed by atoms with Gasteiger partial charge < -0.3 is 15.2 Å². The molecule has 0 aliphatic carbocycles. The predicted octanol–water partition coefficient (Wildman–Crippen LogP) is 3.45. The van der Waals surface area contributed by atoms with Crippen LogP contribution in [-0.4, -0.2) is 20.8 Å². The van der Waals surface area contributed by atoms with E-state index in [-0.39, 0.29) is 0 Å². The van der Waals surface area contributed by atoms with Crippen LogP contribution >= 0.6 is 11.6 Å². The summed E-state index contributed by atoms with van der Waals surface area (Å²) >= 11 is 6.31. The van der Waals surface area contributed by atoms with Crippen molar-refractivity contribution in [2.75, 3.05) is 20.8 Å². The minimum atomic E-state index is 0.334. The number of hydrogen-bond acceptors (Lipinski definition) is 3. The number of nitrogens with two attached hydrogens (primary N) is 1. The van der Waals surface area contributed by atoms with Crippen molar-refractivity contribution >= 4 is 11.6 Å². The van der Waals surface area contributed by atoms with E-state index < -0.39 is 0 Å². The molecular weight excluding hydrogens is 250 g/mol. The molecule has 4 heteroatoms. The van der Waals surface area contributed by atoms with Crippen LogP contribution in [0.25, 0.3) is 0 Å². The zero-order chi connectivity index (χ0) is 13.7. The summed E-state index contributed by atoms with van der Waals surface area (Å²) < 4.78 is 10.5. The molecule has 1 aromatic rings. The summed E-state index contributed by atoms with van der Waals surface area (Å²) in [5.74, 6) is 2.18. The van der Waals surface area contributed by atoms with Crippen molar-refractivity contribution in [2.45, 2.75) is 26.2 Å². The molecule has 0 aromatic heterocycles. The average Bonchev–Trinajstić information content (AvgIpc) is 2.37. The Balaban J connectivity index is 3.08. The van der Waals surface area contributed by atoms with Crippen LogP contribution in [0.2, 0.25) is 5.02 Å². The summed E-state index contributed by atoms with van der Waals surface area (Å²) in [6.45, 7) is 5.04. The number of ether oxygens (including phenoxy) is 2. The van der Waals surface area contributed by atoms with Crippen LogP contribution in [0.1, 0.15) is 31.7 Å². The molecule has 0 spiro atoms. The first kappa shape index (κ1) is 15.1. The summed E-state index contributed by atoms with van der Waals surface area (Å²) in [7, 11) is 3.23. The number of halogens is 1. The average molecular weight is 272 g/mol. The Kier molecular flexibility index (Phi) is 5.76. The molecule has 2 N–H and O–H groups in total. The van der Waals surface area contributed by atoms with Gasteiger partial charge in [-0.25, -0.2) is 0 Å². The third kappa shape index (κ3) is 3.30. The largest absolute Gasteiger partial charge is 0.493 e. The highest BCUT2D eigenvalue weighted by Crippen LogP contribution is 2.39. The van der Waals surface area contributed by atoms with Crippen molar-refractivity contribution in [3.63, 3.8) is 0 Å². The summed E-state index contributed by atoms with van der Waals surface area (Å²) in [4.78, 5) is 0. The van der Waals surface area contributed by atoms with Crippen LogP contribution in [0.5, 0.6) is 11.5 Å². The Hall–Kier alpha value is -0.930. The van der Waals surface area contributed by atoms with Gasteiger partial charge in [0.05, 0.1) is 14.2 Å². The number of rotatable bonds is 6. The molecule has 3 nitrogen and oxygen atoms in total. The fourth-order valence-electron chi connectivity index (χ4n) is 2.04. The monoisotopic (exact) mass is 271 g/mol. The molecule has 0 aliphatic heterocycles. The Bertz CT molecular complexity index is 396. The summed E-state index contributed by atoms with van der Waals surface area (Å²) in [6, 6.07) is 3.76. The second-order valence-corrected chi connectivity index (χ2v) is 4.98. The maximum Gasteiger partial charge on any atom is 0.162 e. The van der Waals surface area contributed by atoms with Gasteiger partial charge in [0.15, 0.2) is 11.5 Å². The molecule has 102 valence electrons. The van der Waals surface area contributed by atoms with Crippen LogP contribution in [-0.2, 0) is 0 Å². The maximum absolute atomic E-state index is 6.31. The van der Waals surface area contributed by atoms with Gasteiger partial charge in [0.1, 0.15) is 0 Å². The van der Waals surface area contributed by atoms with Crippen LogP contribution in [0.15, 0.2) is 12.1 Å². The fourth-order valence-corrected chi connectivity index (χ4v) is 2.36. The topological polar surface area (TPSA) is 44.5 Å². The molecule has 18 heavy (non-hydrogen) atoms. The van der Waals surface area contributed by atoms with Gasteiger partial charge >= 0.3 is 0 Å².